The number of aromatic amines is 1. The van der Waals surface area contributed by atoms with Gasteiger partial charge >= 0.3 is 0 Å². The number of H-pyrrole nitrogens is 1. The Morgan fingerprint density at radius 3 is 2.43 bits per heavy atom. The molecule has 1 fully saturated rings. The minimum Gasteiger partial charge on any atom is -0.399 e. The standard InChI is InChI=1S/C15H21N3O2S/c16-12-6-7-13-14(10-12)17-11-15(13)21(19,20)18-8-4-2-1-3-5-9-18/h6-7,10-11,17H,1-5,8-9,16H2. The van der Waals surface area contributed by atoms with Crippen LogP contribution in [-0.2, 0) is 10.0 Å². The van der Waals surface area contributed by atoms with E-state index in [1.807, 2.05) is 0 Å². The van der Waals surface area contributed by atoms with Gasteiger partial charge in [0.05, 0.1) is 0 Å². The number of nitrogens with zero attached hydrogens (tertiary/aromatic N) is 1. The Hall–Kier alpha value is -1.53. The fraction of sp³-hybridized carbons (Fsp3) is 0.467. The van der Waals surface area contributed by atoms with E-state index in [0.717, 1.165) is 31.2 Å². The lowest BCUT2D eigenvalue weighted by molar-refractivity contribution is 0.364. The Balaban J connectivity index is 1.99. The van der Waals surface area contributed by atoms with E-state index in [4.69, 9.17) is 5.73 Å². The van der Waals surface area contributed by atoms with Crippen molar-refractivity contribution in [2.45, 2.75) is 37.0 Å². The minimum absolute atomic E-state index is 0.359. The van der Waals surface area contributed by atoms with Crippen LogP contribution < -0.4 is 5.73 Å². The van der Waals surface area contributed by atoms with Gasteiger partial charge < -0.3 is 10.7 Å². The molecular formula is C15H21N3O2S. The molecule has 0 spiro atoms. The molecule has 5 nitrogen and oxygen atoms in total. The summed E-state index contributed by atoms with van der Waals surface area (Å²) in [6.07, 6.45) is 6.88. The van der Waals surface area contributed by atoms with E-state index < -0.39 is 10.0 Å². The summed E-state index contributed by atoms with van der Waals surface area (Å²) in [5.41, 5.74) is 7.13. The third kappa shape index (κ3) is 2.78. The molecule has 114 valence electrons. The third-order valence-corrected chi connectivity index (χ3v) is 6.04. The third-order valence-electron chi connectivity index (χ3n) is 4.10. The van der Waals surface area contributed by atoms with Gasteiger partial charge in [0.15, 0.2) is 0 Å². The molecule has 1 aromatic heterocycles. The van der Waals surface area contributed by atoms with Crippen molar-refractivity contribution >= 4 is 26.6 Å². The SMILES string of the molecule is Nc1ccc2c(S(=O)(=O)N3CCCCCCC3)c[nH]c2c1. The van der Waals surface area contributed by atoms with Crippen LogP contribution in [0.4, 0.5) is 5.69 Å². The first-order valence-electron chi connectivity index (χ1n) is 7.46. The number of aromatic nitrogens is 1. The number of hydrogen-bond donors (Lipinski definition) is 2. The van der Waals surface area contributed by atoms with Gasteiger partial charge in [-0.3, -0.25) is 0 Å². The lowest BCUT2D eigenvalue weighted by atomic mass is 10.1. The molecule has 21 heavy (non-hydrogen) atoms. The second-order valence-electron chi connectivity index (χ2n) is 5.63. The number of hydrogen-bond acceptors (Lipinski definition) is 3. The highest BCUT2D eigenvalue weighted by molar-refractivity contribution is 7.89. The van der Waals surface area contributed by atoms with E-state index >= 15 is 0 Å². The van der Waals surface area contributed by atoms with Crippen molar-refractivity contribution in [1.82, 2.24) is 9.29 Å². The highest BCUT2D eigenvalue weighted by Crippen LogP contribution is 2.28. The minimum atomic E-state index is -3.44. The molecule has 1 aliphatic heterocycles. The summed E-state index contributed by atoms with van der Waals surface area (Å²) >= 11 is 0. The van der Waals surface area contributed by atoms with Crippen LogP contribution in [0.5, 0.6) is 0 Å². The Labute approximate surface area is 125 Å². The number of benzene rings is 1. The molecule has 0 amide bonds. The second kappa shape index (κ2) is 5.69. The van der Waals surface area contributed by atoms with Gasteiger partial charge in [-0.15, -0.1) is 0 Å². The van der Waals surface area contributed by atoms with E-state index in [2.05, 4.69) is 4.98 Å². The maximum atomic E-state index is 12.9. The molecule has 1 aromatic carbocycles. The fourth-order valence-corrected chi connectivity index (χ4v) is 4.61. The molecule has 2 aromatic rings. The number of nitrogens with two attached hydrogens (primary N) is 1. The zero-order valence-electron chi connectivity index (χ0n) is 12.0. The number of sulfonamides is 1. The van der Waals surface area contributed by atoms with E-state index in [1.165, 1.54) is 6.42 Å². The summed E-state index contributed by atoms with van der Waals surface area (Å²) in [7, 11) is -3.44. The molecule has 0 atom stereocenters. The molecule has 0 radical (unpaired) electrons. The Morgan fingerprint density at radius 2 is 1.71 bits per heavy atom. The normalized spacial score (nSPS) is 18.5. The summed E-state index contributed by atoms with van der Waals surface area (Å²) in [6, 6.07) is 5.28. The summed E-state index contributed by atoms with van der Waals surface area (Å²) < 4.78 is 27.4. The van der Waals surface area contributed by atoms with Gasteiger partial charge in [-0.25, -0.2) is 8.42 Å². The van der Waals surface area contributed by atoms with Crippen molar-refractivity contribution in [2.75, 3.05) is 18.8 Å². The molecule has 0 saturated carbocycles. The summed E-state index contributed by atoms with van der Waals surface area (Å²) in [6.45, 7) is 1.23. The number of nitrogen functional groups attached to an aromatic ring is 1. The van der Waals surface area contributed by atoms with Crippen LogP contribution >= 0.6 is 0 Å². The monoisotopic (exact) mass is 307 g/mol. The topological polar surface area (TPSA) is 79.2 Å². The van der Waals surface area contributed by atoms with Crippen molar-refractivity contribution < 1.29 is 8.42 Å². The number of anilines is 1. The van der Waals surface area contributed by atoms with Crippen LogP contribution in [0.1, 0.15) is 32.1 Å². The molecule has 0 unspecified atom stereocenters. The van der Waals surface area contributed by atoms with E-state index in [9.17, 15) is 8.42 Å². The number of nitrogens with one attached hydrogen (secondary N) is 1. The average molecular weight is 307 g/mol. The highest BCUT2D eigenvalue weighted by Gasteiger charge is 2.27. The largest absolute Gasteiger partial charge is 0.399 e. The van der Waals surface area contributed by atoms with Crippen molar-refractivity contribution in [2.24, 2.45) is 0 Å². The highest BCUT2D eigenvalue weighted by atomic mass is 32.2. The molecule has 0 bridgehead atoms. The van der Waals surface area contributed by atoms with Crippen LogP contribution in [0.3, 0.4) is 0 Å². The van der Waals surface area contributed by atoms with Crippen LogP contribution in [0.15, 0.2) is 29.3 Å². The second-order valence-corrected chi connectivity index (χ2v) is 7.54. The first-order valence-corrected chi connectivity index (χ1v) is 8.90. The number of rotatable bonds is 2. The maximum Gasteiger partial charge on any atom is 0.245 e. The first kappa shape index (κ1) is 14.4. The van der Waals surface area contributed by atoms with Gasteiger partial charge in [0, 0.05) is 35.9 Å². The van der Waals surface area contributed by atoms with Crippen molar-refractivity contribution in [3.63, 3.8) is 0 Å². The Bertz CT molecular complexity index is 728. The number of fused-ring (bicyclic) bond motifs is 1. The van der Waals surface area contributed by atoms with Gasteiger partial charge in [-0.2, -0.15) is 4.31 Å². The Kier molecular flexibility index (Phi) is 3.91. The zero-order chi connectivity index (χ0) is 14.9. The van der Waals surface area contributed by atoms with Crippen molar-refractivity contribution in [3.05, 3.63) is 24.4 Å². The first-order chi connectivity index (χ1) is 10.1. The van der Waals surface area contributed by atoms with Crippen LogP contribution in [0, 0.1) is 0 Å². The van der Waals surface area contributed by atoms with Crippen LogP contribution in [0.25, 0.3) is 10.9 Å². The van der Waals surface area contributed by atoms with Gasteiger partial charge in [0.25, 0.3) is 0 Å². The molecule has 1 saturated heterocycles. The van der Waals surface area contributed by atoms with E-state index in [1.54, 1.807) is 28.7 Å². The summed E-state index contributed by atoms with van der Waals surface area (Å²) in [5, 5.41) is 0.714. The summed E-state index contributed by atoms with van der Waals surface area (Å²) in [4.78, 5) is 3.38. The molecule has 1 aliphatic rings. The molecule has 3 N–H and O–H groups in total. The fourth-order valence-electron chi connectivity index (χ4n) is 2.93. The smallest absolute Gasteiger partial charge is 0.245 e. The maximum absolute atomic E-state index is 12.9. The van der Waals surface area contributed by atoms with E-state index in [-0.39, 0.29) is 0 Å². The summed E-state index contributed by atoms with van der Waals surface area (Å²) in [5.74, 6) is 0. The molecule has 3 rings (SSSR count). The van der Waals surface area contributed by atoms with Gasteiger partial charge in [-0.1, -0.05) is 19.3 Å². The molecule has 0 aliphatic carbocycles. The molecule has 2 heterocycles. The molecular weight excluding hydrogens is 286 g/mol. The van der Waals surface area contributed by atoms with Gasteiger partial charge in [-0.05, 0) is 31.0 Å². The van der Waals surface area contributed by atoms with E-state index in [0.29, 0.717) is 29.1 Å². The predicted octanol–water partition coefficient (Wildman–Crippen LogP) is 2.70. The lowest BCUT2D eigenvalue weighted by Gasteiger charge is -2.23. The lowest BCUT2D eigenvalue weighted by Crippen LogP contribution is -2.33. The Morgan fingerprint density at radius 1 is 1.05 bits per heavy atom. The van der Waals surface area contributed by atoms with Crippen LogP contribution in [-0.4, -0.2) is 30.8 Å². The average Bonchev–Trinajstić information content (AvgIpc) is 2.81. The predicted molar refractivity (Wildman–Crippen MR) is 84.6 cm³/mol. The molecule has 6 heteroatoms. The van der Waals surface area contributed by atoms with Crippen molar-refractivity contribution in [3.8, 4) is 0 Å². The van der Waals surface area contributed by atoms with Gasteiger partial charge in [0.1, 0.15) is 4.90 Å². The zero-order valence-corrected chi connectivity index (χ0v) is 12.8. The van der Waals surface area contributed by atoms with Crippen LogP contribution in [0.2, 0.25) is 0 Å². The quantitative estimate of drug-likeness (QED) is 0.837. The van der Waals surface area contributed by atoms with Gasteiger partial charge in [0.2, 0.25) is 10.0 Å². The van der Waals surface area contributed by atoms with Crippen molar-refractivity contribution in [1.29, 1.82) is 0 Å².